The molecule has 18 heavy (non-hydrogen) atoms. The van der Waals surface area contributed by atoms with Crippen molar-refractivity contribution in [2.24, 2.45) is 12.5 Å². The van der Waals surface area contributed by atoms with Crippen molar-refractivity contribution in [1.82, 2.24) is 9.78 Å². The molecular weight excluding hydrogens is 224 g/mol. The van der Waals surface area contributed by atoms with Crippen molar-refractivity contribution in [1.29, 1.82) is 0 Å². The molecule has 1 aliphatic carbocycles. The van der Waals surface area contributed by atoms with E-state index in [2.05, 4.69) is 24.3 Å². The number of nitrogens with two attached hydrogens (primary N) is 1. The third-order valence-electron chi connectivity index (χ3n) is 4.54. The van der Waals surface area contributed by atoms with E-state index in [1.807, 2.05) is 11.7 Å². The second-order valence-corrected chi connectivity index (χ2v) is 5.60. The van der Waals surface area contributed by atoms with E-state index in [0.29, 0.717) is 5.41 Å². The fourth-order valence-electron chi connectivity index (χ4n) is 3.12. The van der Waals surface area contributed by atoms with Crippen LogP contribution in [0.1, 0.15) is 51.6 Å². The molecule has 1 heterocycles. The Morgan fingerprint density at radius 1 is 1.33 bits per heavy atom. The zero-order valence-electron chi connectivity index (χ0n) is 11.9. The standard InChI is InChI=1S/C14H26N4/c1-4-11-12(15)13(18(3)17-11)16-10-14(5-2)8-6-7-9-14/h16H,4-10,15H2,1-3H3. The van der Waals surface area contributed by atoms with Gasteiger partial charge >= 0.3 is 0 Å². The monoisotopic (exact) mass is 250 g/mol. The molecule has 0 aliphatic heterocycles. The van der Waals surface area contributed by atoms with E-state index in [0.717, 1.165) is 30.2 Å². The molecule has 1 aromatic heterocycles. The summed E-state index contributed by atoms with van der Waals surface area (Å²) < 4.78 is 1.88. The molecule has 0 atom stereocenters. The maximum absolute atomic E-state index is 6.14. The summed E-state index contributed by atoms with van der Waals surface area (Å²) in [7, 11) is 1.96. The van der Waals surface area contributed by atoms with Crippen LogP contribution in [0.2, 0.25) is 0 Å². The Hall–Kier alpha value is -1.19. The Kier molecular flexibility index (Phi) is 3.83. The van der Waals surface area contributed by atoms with Gasteiger partial charge in [-0.25, -0.2) is 0 Å². The SMILES string of the molecule is CCc1nn(C)c(NCC2(CC)CCCC2)c1N. The Labute approximate surface area is 110 Å². The quantitative estimate of drug-likeness (QED) is 0.844. The van der Waals surface area contributed by atoms with Gasteiger partial charge in [0.1, 0.15) is 5.82 Å². The molecule has 0 unspecified atom stereocenters. The van der Waals surface area contributed by atoms with Crippen molar-refractivity contribution in [2.75, 3.05) is 17.6 Å². The van der Waals surface area contributed by atoms with Crippen molar-refractivity contribution in [3.8, 4) is 0 Å². The van der Waals surface area contributed by atoms with E-state index >= 15 is 0 Å². The maximum Gasteiger partial charge on any atom is 0.147 e. The molecule has 4 heteroatoms. The summed E-state index contributed by atoms with van der Waals surface area (Å²) in [5, 5.41) is 8.00. The molecular formula is C14H26N4. The highest BCUT2D eigenvalue weighted by Crippen LogP contribution is 2.41. The molecule has 0 saturated heterocycles. The Bertz CT molecular complexity index is 402. The minimum atomic E-state index is 0.475. The van der Waals surface area contributed by atoms with E-state index in [4.69, 9.17) is 5.73 Å². The average Bonchev–Trinajstić information content (AvgIpc) is 2.94. The highest BCUT2D eigenvalue weighted by Gasteiger charge is 2.32. The summed E-state index contributed by atoms with van der Waals surface area (Å²) in [5.74, 6) is 0.992. The van der Waals surface area contributed by atoms with Gasteiger partial charge in [0.2, 0.25) is 0 Å². The van der Waals surface area contributed by atoms with Crippen LogP contribution in [0, 0.1) is 5.41 Å². The van der Waals surface area contributed by atoms with Crippen LogP contribution in [0.4, 0.5) is 11.5 Å². The van der Waals surface area contributed by atoms with Crippen molar-refractivity contribution < 1.29 is 0 Å². The normalized spacial score (nSPS) is 18.2. The first-order valence-electron chi connectivity index (χ1n) is 7.17. The third-order valence-corrected chi connectivity index (χ3v) is 4.54. The summed E-state index contributed by atoms with van der Waals surface area (Å²) in [6.07, 6.45) is 7.57. The minimum Gasteiger partial charge on any atom is -0.394 e. The van der Waals surface area contributed by atoms with Crippen LogP contribution in [0.3, 0.4) is 0 Å². The zero-order chi connectivity index (χ0) is 13.2. The van der Waals surface area contributed by atoms with Gasteiger partial charge in [-0.1, -0.05) is 26.7 Å². The van der Waals surface area contributed by atoms with E-state index in [-0.39, 0.29) is 0 Å². The van der Waals surface area contributed by atoms with E-state index < -0.39 is 0 Å². The fraction of sp³-hybridized carbons (Fsp3) is 0.786. The van der Waals surface area contributed by atoms with Gasteiger partial charge in [-0.3, -0.25) is 4.68 Å². The summed E-state index contributed by atoms with van der Waals surface area (Å²) >= 11 is 0. The Morgan fingerprint density at radius 2 is 2.00 bits per heavy atom. The van der Waals surface area contributed by atoms with Crippen molar-refractivity contribution in [3.63, 3.8) is 0 Å². The second kappa shape index (κ2) is 5.21. The average molecular weight is 250 g/mol. The molecule has 0 amide bonds. The van der Waals surface area contributed by atoms with Crippen LogP contribution >= 0.6 is 0 Å². The molecule has 0 aromatic carbocycles. The molecule has 3 N–H and O–H groups in total. The number of nitrogens with zero attached hydrogens (tertiary/aromatic N) is 2. The maximum atomic E-state index is 6.14. The number of anilines is 2. The highest BCUT2D eigenvalue weighted by molar-refractivity contribution is 5.65. The van der Waals surface area contributed by atoms with Gasteiger partial charge < -0.3 is 11.1 Å². The predicted octanol–water partition coefficient (Wildman–Crippen LogP) is 2.95. The van der Waals surface area contributed by atoms with Crippen molar-refractivity contribution in [2.45, 2.75) is 52.4 Å². The molecule has 0 radical (unpaired) electrons. The topological polar surface area (TPSA) is 55.9 Å². The van der Waals surface area contributed by atoms with Gasteiger partial charge in [-0.05, 0) is 31.1 Å². The number of rotatable bonds is 5. The Balaban J connectivity index is 2.08. The van der Waals surface area contributed by atoms with E-state index in [9.17, 15) is 0 Å². The summed E-state index contributed by atoms with van der Waals surface area (Å²) in [4.78, 5) is 0. The van der Waals surface area contributed by atoms with Crippen LogP contribution in [-0.4, -0.2) is 16.3 Å². The molecule has 0 bridgehead atoms. The van der Waals surface area contributed by atoms with Crippen LogP contribution in [0.15, 0.2) is 0 Å². The lowest BCUT2D eigenvalue weighted by molar-refractivity contribution is 0.306. The molecule has 4 nitrogen and oxygen atoms in total. The lowest BCUT2D eigenvalue weighted by atomic mass is 9.83. The van der Waals surface area contributed by atoms with Crippen molar-refractivity contribution >= 4 is 11.5 Å². The van der Waals surface area contributed by atoms with Gasteiger partial charge in [0.05, 0.1) is 11.4 Å². The van der Waals surface area contributed by atoms with Crippen LogP contribution < -0.4 is 11.1 Å². The summed E-state index contributed by atoms with van der Waals surface area (Å²) in [6, 6.07) is 0. The van der Waals surface area contributed by atoms with E-state index in [1.54, 1.807) is 0 Å². The molecule has 102 valence electrons. The number of nitrogen functional groups attached to an aromatic ring is 1. The molecule has 1 aromatic rings. The van der Waals surface area contributed by atoms with Gasteiger partial charge in [0.15, 0.2) is 0 Å². The minimum absolute atomic E-state index is 0.475. The highest BCUT2D eigenvalue weighted by atomic mass is 15.3. The molecule has 1 saturated carbocycles. The largest absolute Gasteiger partial charge is 0.394 e. The lowest BCUT2D eigenvalue weighted by Gasteiger charge is -2.28. The fourth-order valence-corrected chi connectivity index (χ4v) is 3.12. The van der Waals surface area contributed by atoms with Crippen LogP contribution in [-0.2, 0) is 13.5 Å². The zero-order valence-corrected chi connectivity index (χ0v) is 11.9. The lowest BCUT2D eigenvalue weighted by Crippen LogP contribution is -2.26. The van der Waals surface area contributed by atoms with Gasteiger partial charge in [-0.2, -0.15) is 5.10 Å². The predicted molar refractivity (Wildman–Crippen MR) is 76.7 cm³/mol. The van der Waals surface area contributed by atoms with Gasteiger partial charge in [0.25, 0.3) is 0 Å². The number of hydrogen-bond donors (Lipinski definition) is 2. The van der Waals surface area contributed by atoms with Gasteiger partial charge in [-0.15, -0.1) is 0 Å². The smallest absolute Gasteiger partial charge is 0.147 e. The molecule has 2 rings (SSSR count). The van der Waals surface area contributed by atoms with E-state index in [1.165, 1.54) is 32.1 Å². The number of hydrogen-bond acceptors (Lipinski definition) is 3. The summed E-state index contributed by atoms with van der Waals surface area (Å²) in [5.41, 5.74) is 8.43. The Morgan fingerprint density at radius 3 is 2.50 bits per heavy atom. The van der Waals surface area contributed by atoms with Crippen LogP contribution in [0.25, 0.3) is 0 Å². The summed E-state index contributed by atoms with van der Waals surface area (Å²) in [6.45, 7) is 5.42. The first kappa shape index (κ1) is 13.2. The van der Waals surface area contributed by atoms with Crippen molar-refractivity contribution in [3.05, 3.63) is 5.69 Å². The van der Waals surface area contributed by atoms with Crippen LogP contribution in [0.5, 0.6) is 0 Å². The second-order valence-electron chi connectivity index (χ2n) is 5.60. The first-order chi connectivity index (χ1) is 8.62. The number of aromatic nitrogens is 2. The molecule has 1 aliphatic rings. The first-order valence-corrected chi connectivity index (χ1v) is 7.17. The number of nitrogens with one attached hydrogen (secondary N) is 1. The number of aryl methyl sites for hydroxylation is 2. The molecule has 1 fully saturated rings. The third kappa shape index (κ3) is 2.33. The molecule has 0 spiro atoms. The van der Waals surface area contributed by atoms with Gasteiger partial charge in [0, 0.05) is 13.6 Å².